The van der Waals surface area contributed by atoms with Crippen molar-refractivity contribution in [3.8, 4) is 0 Å². The van der Waals surface area contributed by atoms with Crippen LogP contribution in [-0.4, -0.2) is 10.9 Å². The summed E-state index contributed by atoms with van der Waals surface area (Å²) in [6.07, 6.45) is 1.54. The lowest BCUT2D eigenvalue weighted by Gasteiger charge is -2.05. The Morgan fingerprint density at radius 1 is 1.10 bits per heavy atom. The summed E-state index contributed by atoms with van der Waals surface area (Å²) in [6.45, 7) is 0. The number of nitrogen functional groups attached to an aromatic ring is 1. The number of carbonyl (C=O) groups is 1. The minimum atomic E-state index is -1.01. The number of aromatic nitrogens is 1. The maximum absolute atomic E-state index is 13.1. The van der Waals surface area contributed by atoms with Crippen LogP contribution in [0.4, 0.5) is 20.2 Å². The van der Waals surface area contributed by atoms with Gasteiger partial charge in [-0.05, 0) is 30.3 Å². The molecule has 0 saturated carbocycles. The van der Waals surface area contributed by atoms with Gasteiger partial charge in [0, 0.05) is 34.5 Å². The van der Waals surface area contributed by atoms with Crippen LogP contribution in [0.1, 0.15) is 10.4 Å². The summed E-state index contributed by atoms with van der Waals surface area (Å²) in [6, 6.07) is 8.31. The number of H-pyrrole nitrogens is 1. The zero-order chi connectivity index (χ0) is 15.0. The molecule has 0 unspecified atom stereocenters. The monoisotopic (exact) mass is 287 g/mol. The molecule has 0 aliphatic carbocycles. The molecule has 106 valence electrons. The van der Waals surface area contributed by atoms with Gasteiger partial charge in [0.1, 0.15) is 0 Å². The lowest BCUT2D eigenvalue weighted by molar-refractivity contribution is 0.102. The highest BCUT2D eigenvalue weighted by molar-refractivity contribution is 6.13. The van der Waals surface area contributed by atoms with E-state index in [-0.39, 0.29) is 5.69 Å². The zero-order valence-corrected chi connectivity index (χ0v) is 10.8. The lowest BCUT2D eigenvalue weighted by Crippen LogP contribution is -2.11. The van der Waals surface area contributed by atoms with Gasteiger partial charge in [-0.2, -0.15) is 0 Å². The van der Waals surface area contributed by atoms with E-state index < -0.39 is 17.5 Å². The number of benzene rings is 2. The molecule has 0 bridgehead atoms. The second-order valence-electron chi connectivity index (χ2n) is 4.59. The highest BCUT2D eigenvalue weighted by atomic mass is 19.2. The van der Waals surface area contributed by atoms with Crippen LogP contribution in [0.15, 0.2) is 42.6 Å². The van der Waals surface area contributed by atoms with E-state index in [0.29, 0.717) is 16.6 Å². The summed E-state index contributed by atoms with van der Waals surface area (Å²) < 4.78 is 26.0. The number of amides is 1. The first-order chi connectivity index (χ1) is 10.0. The molecular formula is C15H11F2N3O. The Morgan fingerprint density at radius 2 is 1.90 bits per heavy atom. The van der Waals surface area contributed by atoms with E-state index >= 15 is 0 Å². The SMILES string of the molecule is Nc1ccc2c(C(=O)Nc3ccc(F)c(F)c3)c[nH]c2c1. The van der Waals surface area contributed by atoms with Crippen molar-refractivity contribution in [1.82, 2.24) is 4.98 Å². The van der Waals surface area contributed by atoms with Gasteiger partial charge in [-0.15, -0.1) is 0 Å². The summed E-state index contributed by atoms with van der Waals surface area (Å²) in [7, 11) is 0. The van der Waals surface area contributed by atoms with E-state index in [4.69, 9.17) is 5.73 Å². The largest absolute Gasteiger partial charge is 0.399 e. The van der Waals surface area contributed by atoms with Crippen molar-refractivity contribution in [3.05, 3.63) is 59.8 Å². The van der Waals surface area contributed by atoms with E-state index in [1.807, 2.05) is 0 Å². The first-order valence-electron chi connectivity index (χ1n) is 6.17. The van der Waals surface area contributed by atoms with Crippen molar-refractivity contribution in [2.24, 2.45) is 0 Å². The standard InChI is InChI=1S/C15H11F2N3O/c16-12-4-2-9(6-13(12)17)20-15(21)11-7-19-14-5-8(18)1-3-10(11)14/h1-7,19H,18H2,(H,20,21). The number of hydrogen-bond donors (Lipinski definition) is 3. The highest BCUT2D eigenvalue weighted by Gasteiger charge is 2.13. The third-order valence-corrected chi connectivity index (χ3v) is 3.13. The Morgan fingerprint density at radius 3 is 2.67 bits per heavy atom. The molecule has 4 N–H and O–H groups in total. The fourth-order valence-electron chi connectivity index (χ4n) is 2.10. The van der Waals surface area contributed by atoms with Gasteiger partial charge < -0.3 is 16.0 Å². The molecule has 0 aliphatic heterocycles. The number of nitrogens with two attached hydrogens (primary N) is 1. The van der Waals surface area contributed by atoms with Crippen LogP contribution in [0.3, 0.4) is 0 Å². The van der Waals surface area contributed by atoms with Crippen LogP contribution in [0.25, 0.3) is 10.9 Å². The molecule has 21 heavy (non-hydrogen) atoms. The highest BCUT2D eigenvalue weighted by Crippen LogP contribution is 2.22. The maximum Gasteiger partial charge on any atom is 0.257 e. The van der Waals surface area contributed by atoms with E-state index in [2.05, 4.69) is 10.3 Å². The predicted molar refractivity (Wildman–Crippen MR) is 77.0 cm³/mol. The average Bonchev–Trinajstić information content (AvgIpc) is 2.85. The van der Waals surface area contributed by atoms with Crippen LogP contribution in [0, 0.1) is 11.6 Å². The van der Waals surface area contributed by atoms with Crippen LogP contribution in [0.2, 0.25) is 0 Å². The van der Waals surface area contributed by atoms with Crippen LogP contribution in [-0.2, 0) is 0 Å². The smallest absolute Gasteiger partial charge is 0.257 e. The van der Waals surface area contributed by atoms with Crippen molar-refractivity contribution >= 4 is 28.2 Å². The van der Waals surface area contributed by atoms with E-state index in [0.717, 1.165) is 17.6 Å². The number of anilines is 2. The van der Waals surface area contributed by atoms with Gasteiger partial charge in [-0.25, -0.2) is 8.78 Å². The molecule has 0 atom stereocenters. The van der Waals surface area contributed by atoms with Crippen LogP contribution < -0.4 is 11.1 Å². The minimum absolute atomic E-state index is 0.184. The quantitative estimate of drug-likeness (QED) is 0.633. The molecule has 0 spiro atoms. The predicted octanol–water partition coefficient (Wildman–Crippen LogP) is 3.28. The zero-order valence-electron chi connectivity index (χ0n) is 10.8. The second-order valence-corrected chi connectivity index (χ2v) is 4.59. The first-order valence-corrected chi connectivity index (χ1v) is 6.17. The topological polar surface area (TPSA) is 70.9 Å². The Kier molecular flexibility index (Phi) is 3.06. The van der Waals surface area contributed by atoms with E-state index in [1.165, 1.54) is 6.07 Å². The van der Waals surface area contributed by atoms with Gasteiger partial charge in [0.05, 0.1) is 5.56 Å². The van der Waals surface area contributed by atoms with Crippen molar-refractivity contribution in [3.63, 3.8) is 0 Å². The van der Waals surface area contributed by atoms with Crippen molar-refractivity contribution in [2.75, 3.05) is 11.1 Å². The third kappa shape index (κ3) is 2.43. The number of halogens is 2. The number of carbonyl (C=O) groups excluding carboxylic acids is 1. The van der Waals surface area contributed by atoms with Crippen molar-refractivity contribution in [2.45, 2.75) is 0 Å². The van der Waals surface area contributed by atoms with E-state index in [9.17, 15) is 13.6 Å². The molecule has 1 aromatic heterocycles. The molecule has 0 radical (unpaired) electrons. The molecule has 0 saturated heterocycles. The summed E-state index contributed by atoms with van der Waals surface area (Å²) in [4.78, 5) is 15.1. The fraction of sp³-hybridized carbons (Fsp3) is 0. The van der Waals surface area contributed by atoms with Crippen LogP contribution >= 0.6 is 0 Å². The normalized spacial score (nSPS) is 10.8. The first kappa shape index (κ1) is 13.1. The fourth-order valence-corrected chi connectivity index (χ4v) is 2.10. The number of hydrogen-bond acceptors (Lipinski definition) is 2. The molecule has 3 aromatic rings. The molecule has 1 amide bonds. The molecule has 0 fully saturated rings. The van der Waals surface area contributed by atoms with Gasteiger partial charge in [-0.3, -0.25) is 4.79 Å². The number of fused-ring (bicyclic) bond motifs is 1. The Bertz CT molecular complexity index is 842. The van der Waals surface area contributed by atoms with Gasteiger partial charge in [-0.1, -0.05) is 0 Å². The number of nitrogens with one attached hydrogen (secondary N) is 2. The minimum Gasteiger partial charge on any atom is -0.399 e. The second kappa shape index (κ2) is 4.90. The Hall–Kier alpha value is -2.89. The maximum atomic E-state index is 13.1. The van der Waals surface area contributed by atoms with Crippen molar-refractivity contribution in [1.29, 1.82) is 0 Å². The summed E-state index contributed by atoms with van der Waals surface area (Å²) in [5, 5.41) is 3.22. The Balaban J connectivity index is 1.91. The number of rotatable bonds is 2. The van der Waals surface area contributed by atoms with Gasteiger partial charge >= 0.3 is 0 Å². The molecule has 1 heterocycles. The molecule has 6 heteroatoms. The number of aromatic amines is 1. The van der Waals surface area contributed by atoms with E-state index in [1.54, 1.807) is 24.4 Å². The molecule has 4 nitrogen and oxygen atoms in total. The summed E-state index contributed by atoms with van der Waals surface area (Å²) in [5.74, 6) is -2.40. The summed E-state index contributed by atoms with van der Waals surface area (Å²) >= 11 is 0. The third-order valence-electron chi connectivity index (χ3n) is 3.13. The van der Waals surface area contributed by atoms with Gasteiger partial charge in [0.25, 0.3) is 5.91 Å². The lowest BCUT2D eigenvalue weighted by atomic mass is 10.1. The Labute approximate surface area is 118 Å². The van der Waals surface area contributed by atoms with Crippen molar-refractivity contribution < 1.29 is 13.6 Å². The molecule has 0 aliphatic rings. The molecule has 3 rings (SSSR count). The van der Waals surface area contributed by atoms with Crippen LogP contribution in [0.5, 0.6) is 0 Å². The average molecular weight is 287 g/mol. The summed E-state index contributed by atoms with van der Waals surface area (Å²) in [5.41, 5.74) is 7.56. The molecule has 2 aromatic carbocycles. The van der Waals surface area contributed by atoms with Gasteiger partial charge in [0.2, 0.25) is 0 Å². The molecular weight excluding hydrogens is 276 g/mol. The van der Waals surface area contributed by atoms with Gasteiger partial charge in [0.15, 0.2) is 11.6 Å².